The summed E-state index contributed by atoms with van der Waals surface area (Å²) in [4.78, 5) is 0. The van der Waals surface area contributed by atoms with Gasteiger partial charge in [0.2, 0.25) is 0 Å². The zero-order chi connectivity index (χ0) is 26.6. The van der Waals surface area contributed by atoms with Gasteiger partial charge in [-0.3, -0.25) is 0 Å². The van der Waals surface area contributed by atoms with Crippen LogP contribution in [-0.2, 0) is 35.8 Å². The maximum atomic E-state index is 2.37. The average molecular weight is 736 g/mol. The van der Waals surface area contributed by atoms with E-state index in [-0.39, 0.29) is 30.3 Å². The molecule has 4 heteroatoms. The van der Waals surface area contributed by atoms with Crippen LogP contribution in [-0.4, -0.2) is 5.49 Å². The van der Waals surface area contributed by atoms with E-state index in [0.717, 1.165) is 12.8 Å². The molecule has 0 aromatic heterocycles. The first-order valence-corrected chi connectivity index (χ1v) is 20.6. The van der Waals surface area contributed by atoms with Crippen LogP contribution >= 0.6 is 0 Å². The van der Waals surface area contributed by atoms with E-state index < -0.39 is 0 Å². The second-order valence-electron chi connectivity index (χ2n) is 9.34. The summed E-state index contributed by atoms with van der Waals surface area (Å²) in [5.74, 6) is 0. The minimum absolute atomic E-state index is 0. The molecule has 5 rings (SSSR count). The second-order valence-corrected chi connectivity index (χ2v) is 19.2. The summed E-state index contributed by atoms with van der Waals surface area (Å²) in [5, 5.41) is 1.58. The molecule has 0 amide bonds. The zero-order valence-electron chi connectivity index (χ0n) is 23.6. The van der Waals surface area contributed by atoms with Gasteiger partial charge >= 0.3 is 70.6 Å². The van der Waals surface area contributed by atoms with Crippen LogP contribution < -0.4 is 30.0 Å². The molecule has 0 heterocycles. The maximum Gasteiger partial charge on any atom is -1.00 e. The predicted molar refractivity (Wildman–Crippen MR) is 161 cm³/mol. The van der Waals surface area contributed by atoms with E-state index in [2.05, 4.69) is 150 Å². The summed E-state index contributed by atoms with van der Waals surface area (Å²) in [6, 6.07) is 41.4. The van der Waals surface area contributed by atoms with E-state index in [1.54, 1.807) is 5.19 Å². The van der Waals surface area contributed by atoms with Gasteiger partial charge in [0.25, 0.3) is 0 Å². The van der Waals surface area contributed by atoms with Gasteiger partial charge in [-0.15, -0.1) is 70.8 Å². The van der Waals surface area contributed by atoms with Crippen molar-refractivity contribution in [3.63, 3.8) is 0 Å². The number of aryl methyl sites for hydroxylation is 4. The smallest absolute Gasteiger partial charge is 1.00 e. The van der Waals surface area contributed by atoms with Crippen LogP contribution in [0.5, 0.6) is 0 Å². The van der Waals surface area contributed by atoms with Crippen molar-refractivity contribution in [2.45, 2.75) is 47.1 Å². The molecule has 5 aromatic rings. The van der Waals surface area contributed by atoms with Crippen LogP contribution in [0.2, 0.25) is 6.55 Å². The topological polar surface area (TPSA) is 0 Å². The fraction of sp³-hybridized carbons (Fsp3) is 0.200. The quantitative estimate of drug-likeness (QED) is 0.193. The van der Waals surface area contributed by atoms with E-state index in [9.17, 15) is 0 Å². The van der Waals surface area contributed by atoms with Gasteiger partial charge in [0.05, 0.1) is 0 Å². The molecule has 0 aliphatic rings. The third kappa shape index (κ3) is 10.8. The normalized spacial score (nSPS) is 9.62. The Labute approximate surface area is 263 Å². The van der Waals surface area contributed by atoms with Gasteiger partial charge < -0.3 is 24.8 Å². The Morgan fingerprint density at radius 3 is 1.21 bits per heavy atom. The minimum atomic E-state index is -0.0733. The van der Waals surface area contributed by atoms with Gasteiger partial charge in [0, 0.05) is 0 Å². The summed E-state index contributed by atoms with van der Waals surface area (Å²) in [7, 11) is 0. The van der Waals surface area contributed by atoms with Gasteiger partial charge in [0.1, 0.15) is 0 Å². The van der Waals surface area contributed by atoms with Crippen molar-refractivity contribution in [1.82, 2.24) is 0 Å². The van der Waals surface area contributed by atoms with Gasteiger partial charge in [-0.25, -0.2) is 0 Å². The SMILES string of the molecule is CCc1ccc(-[c-]2cccc2C)cc1.CCc1ccc(-[c-]2cccc2C)cc1.C[Si](=[Hf+2])c1ccccc1.[Cl-].[Cl-]. The molecule has 39 heavy (non-hydrogen) atoms. The standard InChI is InChI=1S/2C14H15.C7H8Si.2ClH.Hf/c2*1-3-12-7-9-13(10-8-12)14-6-4-5-11(14)2;1-8-7-5-3-2-4-6-7;;;/h2*4-10H,3H2,1-2H3;2-6H,1H3;2*1H;/q2*-1;;;;+2/p-2. The molecule has 0 radical (unpaired) electrons. The molecule has 0 fully saturated rings. The summed E-state index contributed by atoms with van der Waals surface area (Å²) in [6.07, 6.45) is 2.22. The maximum absolute atomic E-state index is 2.37. The molecular formula is C35H38Cl2HfSi-2. The molecule has 0 spiro atoms. The van der Waals surface area contributed by atoms with Crippen LogP contribution in [0, 0.1) is 13.8 Å². The molecule has 0 atom stereocenters. The van der Waals surface area contributed by atoms with Crippen molar-refractivity contribution >= 4 is 10.7 Å². The van der Waals surface area contributed by atoms with Crippen molar-refractivity contribution in [3.8, 4) is 22.3 Å². The van der Waals surface area contributed by atoms with Gasteiger partial charge in [-0.05, 0) is 12.8 Å². The molecule has 202 valence electrons. The second kappa shape index (κ2) is 18.4. The number of hydrogen-bond donors (Lipinski definition) is 0. The number of benzene rings is 3. The van der Waals surface area contributed by atoms with Crippen molar-refractivity contribution < 1.29 is 47.8 Å². The van der Waals surface area contributed by atoms with E-state index in [0.29, 0.717) is 0 Å². The van der Waals surface area contributed by atoms with E-state index in [4.69, 9.17) is 0 Å². The van der Waals surface area contributed by atoms with Crippen LogP contribution in [0.3, 0.4) is 0 Å². The third-order valence-corrected chi connectivity index (χ3v) is 10.9. The number of hydrogen-bond acceptors (Lipinski definition) is 0. The Morgan fingerprint density at radius 1 is 0.564 bits per heavy atom. The summed E-state index contributed by atoms with van der Waals surface area (Å²) in [5.41, 5.74) is 10.8. The first kappa shape index (κ1) is 35.1. The molecule has 0 nitrogen and oxygen atoms in total. The minimum Gasteiger partial charge on any atom is -1.00 e. The van der Waals surface area contributed by atoms with Gasteiger partial charge in [-0.1, -0.05) is 74.2 Å². The fourth-order valence-corrected chi connectivity index (χ4v) is 6.68. The Balaban J connectivity index is 0.000000292. The molecule has 0 saturated carbocycles. The van der Waals surface area contributed by atoms with Crippen molar-refractivity contribution in [2.75, 3.05) is 0 Å². The van der Waals surface area contributed by atoms with E-state index in [1.165, 1.54) is 67.5 Å². The molecule has 0 aliphatic carbocycles. The number of rotatable bonds is 5. The Kier molecular flexibility index (Phi) is 16.5. The van der Waals surface area contributed by atoms with Crippen LogP contribution in [0.25, 0.3) is 22.3 Å². The van der Waals surface area contributed by atoms with Crippen molar-refractivity contribution in [3.05, 3.63) is 138 Å². The largest absolute Gasteiger partial charge is 1.00 e. The van der Waals surface area contributed by atoms with Crippen molar-refractivity contribution in [1.29, 1.82) is 0 Å². The summed E-state index contributed by atoms with van der Waals surface area (Å²) < 4.78 is 0. The van der Waals surface area contributed by atoms with Gasteiger partial charge in [-0.2, -0.15) is 12.1 Å². The van der Waals surface area contributed by atoms with Gasteiger partial charge in [0.15, 0.2) is 0 Å². The van der Waals surface area contributed by atoms with Crippen LogP contribution in [0.4, 0.5) is 0 Å². The molecule has 0 bridgehead atoms. The van der Waals surface area contributed by atoms with E-state index in [1.807, 2.05) is 0 Å². The molecule has 0 N–H and O–H groups in total. The molecule has 0 unspecified atom stereocenters. The Hall–Kier alpha value is -1.97. The molecule has 0 saturated heterocycles. The number of halogens is 2. The summed E-state index contributed by atoms with van der Waals surface area (Å²) >= 11 is 1.36. The zero-order valence-corrected chi connectivity index (χ0v) is 29.7. The first-order valence-electron chi connectivity index (χ1n) is 13.2. The average Bonchev–Trinajstić information content (AvgIpc) is 3.58. The monoisotopic (exact) mass is 736 g/mol. The van der Waals surface area contributed by atoms with Crippen LogP contribution in [0.15, 0.2) is 115 Å². The van der Waals surface area contributed by atoms with E-state index >= 15 is 0 Å². The fourth-order valence-electron chi connectivity index (χ4n) is 4.20. The molecule has 0 aliphatic heterocycles. The Bertz CT molecular complexity index is 1280. The first-order chi connectivity index (χ1) is 17.9. The Morgan fingerprint density at radius 2 is 0.949 bits per heavy atom. The molecule has 5 aromatic carbocycles. The third-order valence-electron chi connectivity index (χ3n) is 6.62. The van der Waals surface area contributed by atoms with Crippen molar-refractivity contribution in [2.24, 2.45) is 0 Å². The summed E-state index contributed by atoms with van der Waals surface area (Å²) in [6.45, 7) is 11.0. The van der Waals surface area contributed by atoms with Crippen LogP contribution in [0.1, 0.15) is 36.1 Å². The molecular weight excluding hydrogens is 698 g/mol. The predicted octanol–water partition coefficient (Wildman–Crippen LogP) is 2.96.